The molecule has 2 N–H and O–H groups in total. The Labute approximate surface area is 116 Å². The average Bonchev–Trinajstić information content (AvgIpc) is 2.50. The van der Waals surface area contributed by atoms with Crippen molar-refractivity contribution >= 4 is 28.3 Å². The van der Waals surface area contributed by atoms with Crippen molar-refractivity contribution in [2.75, 3.05) is 0 Å². The number of para-hydroxylation sites is 1. The number of nitrogens with zero attached hydrogens (tertiary/aromatic N) is 1. The fraction of sp³-hybridized carbons (Fsp3) is 0. The second-order valence-electron chi connectivity index (χ2n) is 4.02. The molecule has 0 unspecified atom stereocenters. The molecular weight excluding hydrogens is 254 g/mol. The number of benzene rings is 2. The van der Waals surface area contributed by atoms with Crippen molar-refractivity contribution in [3.05, 3.63) is 71.6 Å². The van der Waals surface area contributed by atoms with Crippen molar-refractivity contribution < 1.29 is 0 Å². The first-order valence-corrected chi connectivity index (χ1v) is 6.88. The van der Waals surface area contributed by atoms with Crippen LogP contribution in [0.15, 0.2) is 71.1 Å². The molecule has 1 aliphatic heterocycles. The maximum Gasteiger partial charge on any atom is 0.184 e. The Morgan fingerprint density at radius 1 is 0.789 bits per heavy atom. The second-order valence-corrected chi connectivity index (χ2v) is 4.88. The Morgan fingerprint density at radius 2 is 1.47 bits per heavy atom. The first-order chi connectivity index (χ1) is 9.42. The molecule has 2 aromatic carbocycles. The van der Waals surface area contributed by atoms with E-state index < -0.39 is 0 Å². The monoisotopic (exact) mass is 267 g/mol. The lowest BCUT2D eigenvalue weighted by atomic mass is 10.2. The molecule has 0 aromatic heterocycles. The highest BCUT2D eigenvalue weighted by molar-refractivity contribution is 8.16. The van der Waals surface area contributed by atoms with Crippen molar-refractivity contribution in [2.45, 2.75) is 0 Å². The maximum absolute atomic E-state index is 4.51. The fourth-order valence-electron chi connectivity index (χ4n) is 1.73. The predicted molar refractivity (Wildman–Crippen MR) is 81.8 cm³/mol. The zero-order valence-corrected chi connectivity index (χ0v) is 11.0. The number of nitrogens with one attached hydrogen (secondary N) is 2. The largest absolute Gasteiger partial charge is 0.298 e. The van der Waals surface area contributed by atoms with Crippen molar-refractivity contribution in [1.82, 2.24) is 10.9 Å². The second kappa shape index (κ2) is 5.63. The van der Waals surface area contributed by atoms with Crippen molar-refractivity contribution in [2.24, 2.45) is 4.99 Å². The van der Waals surface area contributed by atoms with Crippen LogP contribution in [0.5, 0.6) is 0 Å². The zero-order valence-electron chi connectivity index (χ0n) is 10.2. The number of hydrogen-bond acceptors (Lipinski definition) is 3. The van der Waals surface area contributed by atoms with Crippen LogP contribution in [0.25, 0.3) is 5.70 Å². The van der Waals surface area contributed by atoms with Crippen LogP contribution in [0.4, 0.5) is 5.69 Å². The molecule has 0 atom stereocenters. The normalized spacial score (nSPS) is 16.4. The van der Waals surface area contributed by atoms with Gasteiger partial charge in [0.2, 0.25) is 0 Å². The van der Waals surface area contributed by atoms with Crippen LogP contribution in [-0.4, -0.2) is 5.17 Å². The molecule has 0 saturated heterocycles. The quantitative estimate of drug-likeness (QED) is 0.874. The molecule has 0 saturated carbocycles. The third-order valence-corrected chi connectivity index (χ3v) is 3.43. The molecule has 0 bridgehead atoms. The minimum atomic E-state index is 0.839. The van der Waals surface area contributed by atoms with Gasteiger partial charge in [0.15, 0.2) is 5.17 Å². The first kappa shape index (κ1) is 11.9. The van der Waals surface area contributed by atoms with Crippen LogP contribution in [-0.2, 0) is 0 Å². The third-order valence-electron chi connectivity index (χ3n) is 2.66. The van der Waals surface area contributed by atoms with Crippen LogP contribution in [0.3, 0.4) is 0 Å². The van der Waals surface area contributed by atoms with Gasteiger partial charge < -0.3 is 0 Å². The van der Waals surface area contributed by atoms with E-state index in [1.165, 1.54) is 0 Å². The van der Waals surface area contributed by atoms with Gasteiger partial charge in [-0.3, -0.25) is 10.9 Å². The number of hydrazine groups is 1. The van der Waals surface area contributed by atoms with E-state index in [-0.39, 0.29) is 0 Å². The van der Waals surface area contributed by atoms with Gasteiger partial charge >= 0.3 is 0 Å². The number of thioether (sulfide) groups is 1. The summed E-state index contributed by atoms with van der Waals surface area (Å²) in [7, 11) is 0. The van der Waals surface area contributed by atoms with Gasteiger partial charge in [-0.2, -0.15) is 0 Å². The first-order valence-electron chi connectivity index (χ1n) is 6.00. The Morgan fingerprint density at radius 3 is 2.11 bits per heavy atom. The summed E-state index contributed by atoms with van der Waals surface area (Å²) in [4.78, 5) is 4.51. The van der Waals surface area contributed by atoms with Gasteiger partial charge in [0.25, 0.3) is 0 Å². The number of rotatable bonds is 2. The molecule has 19 heavy (non-hydrogen) atoms. The van der Waals surface area contributed by atoms with Gasteiger partial charge in [-0.15, -0.1) is 0 Å². The standard InChI is InChI=1S/C15H13N3S/c1-3-7-12(8-4-1)14-11-19-15(18-17-14)16-13-9-5-2-6-10-13/h1-11,17H,(H,16,18). The summed E-state index contributed by atoms with van der Waals surface area (Å²) >= 11 is 1.58. The Hall–Kier alpha value is -2.20. The Kier molecular flexibility index (Phi) is 3.51. The lowest BCUT2D eigenvalue weighted by molar-refractivity contribution is 0.848. The molecule has 2 aromatic rings. The molecule has 3 rings (SSSR count). The molecule has 3 nitrogen and oxygen atoms in total. The highest BCUT2D eigenvalue weighted by Gasteiger charge is 2.09. The molecule has 0 fully saturated rings. The van der Waals surface area contributed by atoms with E-state index >= 15 is 0 Å². The number of hydrogen-bond donors (Lipinski definition) is 2. The van der Waals surface area contributed by atoms with Gasteiger partial charge in [-0.1, -0.05) is 60.3 Å². The van der Waals surface area contributed by atoms with Gasteiger partial charge in [0, 0.05) is 5.41 Å². The van der Waals surface area contributed by atoms with Crippen molar-refractivity contribution in [1.29, 1.82) is 0 Å². The lowest BCUT2D eigenvalue weighted by Crippen LogP contribution is -2.36. The lowest BCUT2D eigenvalue weighted by Gasteiger charge is -2.18. The molecular formula is C15H13N3S. The molecule has 0 radical (unpaired) electrons. The highest BCUT2D eigenvalue weighted by atomic mass is 32.2. The molecule has 1 heterocycles. The third kappa shape index (κ3) is 2.98. The van der Waals surface area contributed by atoms with Gasteiger partial charge in [0.1, 0.15) is 0 Å². The van der Waals surface area contributed by atoms with Crippen LogP contribution in [0.2, 0.25) is 0 Å². The molecule has 4 heteroatoms. The number of aliphatic imine (C=N–C) groups is 1. The van der Waals surface area contributed by atoms with Crippen LogP contribution in [0.1, 0.15) is 5.56 Å². The summed E-state index contributed by atoms with van der Waals surface area (Å²) in [5.74, 6) is 0. The molecule has 1 aliphatic rings. The van der Waals surface area contributed by atoms with Gasteiger partial charge in [-0.25, -0.2) is 4.99 Å². The van der Waals surface area contributed by atoms with Crippen molar-refractivity contribution in [3.63, 3.8) is 0 Å². The van der Waals surface area contributed by atoms with E-state index in [1.807, 2.05) is 48.5 Å². The number of amidine groups is 1. The average molecular weight is 267 g/mol. The van der Waals surface area contributed by atoms with E-state index in [9.17, 15) is 0 Å². The van der Waals surface area contributed by atoms with E-state index in [4.69, 9.17) is 0 Å². The van der Waals surface area contributed by atoms with E-state index in [0.29, 0.717) is 0 Å². The highest BCUT2D eigenvalue weighted by Crippen LogP contribution is 2.21. The van der Waals surface area contributed by atoms with E-state index in [0.717, 1.165) is 22.1 Å². The van der Waals surface area contributed by atoms with Gasteiger partial charge in [0.05, 0.1) is 11.4 Å². The summed E-state index contributed by atoms with van der Waals surface area (Å²) in [6.07, 6.45) is 0. The molecule has 0 spiro atoms. The van der Waals surface area contributed by atoms with E-state index in [2.05, 4.69) is 33.4 Å². The smallest absolute Gasteiger partial charge is 0.184 e. The SMILES string of the molecule is C1=C(c2ccccc2)NNC(=Nc2ccccc2)S1. The molecule has 0 aliphatic carbocycles. The van der Waals surface area contributed by atoms with E-state index in [1.54, 1.807) is 11.8 Å². The summed E-state index contributed by atoms with van der Waals surface area (Å²) < 4.78 is 0. The topological polar surface area (TPSA) is 36.4 Å². The molecule has 94 valence electrons. The fourth-order valence-corrected chi connectivity index (χ4v) is 2.42. The minimum Gasteiger partial charge on any atom is -0.298 e. The van der Waals surface area contributed by atoms with Crippen LogP contribution in [0, 0.1) is 0 Å². The Balaban J connectivity index is 1.76. The van der Waals surface area contributed by atoms with Crippen LogP contribution >= 0.6 is 11.8 Å². The summed E-state index contributed by atoms with van der Waals surface area (Å²) in [6.45, 7) is 0. The summed E-state index contributed by atoms with van der Waals surface area (Å²) in [5, 5.41) is 2.90. The van der Waals surface area contributed by atoms with Crippen molar-refractivity contribution in [3.8, 4) is 0 Å². The Bertz CT molecular complexity index is 606. The minimum absolute atomic E-state index is 0.839. The summed E-state index contributed by atoms with van der Waals surface area (Å²) in [6, 6.07) is 20.1. The summed E-state index contributed by atoms with van der Waals surface area (Å²) in [5.41, 5.74) is 9.42. The maximum atomic E-state index is 4.51. The van der Waals surface area contributed by atoms with Gasteiger partial charge in [-0.05, 0) is 17.7 Å². The van der Waals surface area contributed by atoms with Crippen LogP contribution < -0.4 is 10.9 Å². The predicted octanol–water partition coefficient (Wildman–Crippen LogP) is 3.51. The molecule has 0 amide bonds. The zero-order chi connectivity index (χ0) is 12.9.